The number of hydrogen-bond donors (Lipinski definition) is 1. The van der Waals surface area contributed by atoms with E-state index < -0.39 is 11.7 Å². The SMILES string of the molecule is FC(F)(F)c1ccc(-c2nc3ccccc3c3c2[nH]c2ccccc23)cc1. The van der Waals surface area contributed by atoms with Crippen LogP contribution in [0.2, 0.25) is 0 Å². The lowest BCUT2D eigenvalue weighted by Gasteiger charge is -2.09. The lowest BCUT2D eigenvalue weighted by Crippen LogP contribution is -2.04. The Morgan fingerprint density at radius 3 is 2.15 bits per heavy atom. The molecule has 0 atom stereocenters. The largest absolute Gasteiger partial charge is 0.416 e. The molecular weight excluding hydrogens is 349 g/mol. The lowest BCUT2D eigenvalue weighted by atomic mass is 10.0. The molecule has 5 rings (SSSR count). The molecule has 0 saturated heterocycles. The zero-order valence-corrected chi connectivity index (χ0v) is 14.0. The number of H-pyrrole nitrogens is 1. The maximum Gasteiger partial charge on any atom is 0.416 e. The quantitative estimate of drug-likeness (QED) is 0.360. The number of aromatic nitrogens is 2. The van der Waals surface area contributed by atoms with Crippen LogP contribution in [0, 0.1) is 0 Å². The number of halogens is 3. The van der Waals surface area contributed by atoms with E-state index in [-0.39, 0.29) is 0 Å². The Balaban J connectivity index is 1.86. The third kappa shape index (κ3) is 2.46. The minimum atomic E-state index is -4.36. The van der Waals surface area contributed by atoms with Crippen LogP contribution in [0.3, 0.4) is 0 Å². The Morgan fingerprint density at radius 1 is 0.741 bits per heavy atom. The van der Waals surface area contributed by atoms with Gasteiger partial charge in [0.1, 0.15) is 0 Å². The molecule has 0 spiro atoms. The minimum Gasteiger partial charge on any atom is -0.353 e. The number of aromatic amines is 1. The second-order valence-electron chi connectivity index (χ2n) is 6.47. The van der Waals surface area contributed by atoms with Crippen molar-refractivity contribution in [3.8, 4) is 11.3 Å². The molecular formula is C22H13F3N2. The molecule has 1 N–H and O–H groups in total. The molecule has 0 amide bonds. The highest BCUT2D eigenvalue weighted by molar-refractivity contribution is 6.22. The summed E-state index contributed by atoms with van der Waals surface area (Å²) < 4.78 is 38.7. The zero-order chi connectivity index (χ0) is 18.6. The van der Waals surface area contributed by atoms with Crippen LogP contribution in [0.1, 0.15) is 5.56 Å². The highest BCUT2D eigenvalue weighted by Crippen LogP contribution is 2.37. The van der Waals surface area contributed by atoms with E-state index in [1.54, 1.807) is 0 Å². The molecule has 0 aliphatic rings. The Kier molecular flexibility index (Phi) is 3.28. The van der Waals surface area contributed by atoms with E-state index in [0.29, 0.717) is 11.3 Å². The van der Waals surface area contributed by atoms with Gasteiger partial charge < -0.3 is 4.98 Å². The van der Waals surface area contributed by atoms with E-state index in [1.807, 2.05) is 48.5 Å². The van der Waals surface area contributed by atoms with E-state index >= 15 is 0 Å². The number of rotatable bonds is 1. The predicted molar refractivity (Wildman–Crippen MR) is 102 cm³/mol. The van der Waals surface area contributed by atoms with E-state index in [9.17, 15) is 13.2 Å². The van der Waals surface area contributed by atoms with Crippen molar-refractivity contribution in [3.63, 3.8) is 0 Å². The van der Waals surface area contributed by atoms with Gasteiger partial charge in [0.2, 0.25) is 0 Å². The summed E-state index contributed by atoms with van der Waals surface area (Å²) in [5.74, 6) is 0. The van der Waals surface area contributed by atoms with Crippen molar-refractivity contribution >= 4 is 32.7 Å². The first kappa shape index (κ1) is 15.9. The summed E-state index contributed by atoms with van der Waals surface area (Å²) in [7, 11) is 0. The average Bonchev–Trinajstić information content (AvgIpc) is 3.07. The van der Waals surface area contributed by atoms with Crippen molar-refractivity contribution in [2.75, 3.05) is 0 Å². The first-order chi connectivity index (χ1) is 13.0. The first-order valence-corrected chi connectivity index (χ1v) is 8.49. The Hall–Kier alpha value is -3.34. The van der Waals surface area contributed by atoms with Crippen LogP contribution >= 0.6 is 0 Å². The van der Waals surface area contributed by atoms with Crippen molar-refractivity contribution in [1.82, 2.24) is 9.97 Å². The highest BCUT2D eigenvalue weighted by Gasteiger charge is 2.30. The topological polar surface area (TPSA) is 28.7 Å². The fourth-order valence-corrected chi connectivity index (χ4v) is 3.58. The van der Waals surface area contributed by atoms with Gasteiger partial charge in [-0.1, -0.05) is 48.5 Å². The summed E-state index contributed by atoms with van der Waals surface area (Å²) in [6, 6.07) is 20.9. The number of nitrogens with zero attached hydrogens (tertiary/aromatic N) is 1. The van der Waals surface area contributed by atoms with Gasteiger partial charge in [0, 0.05) is 27.2 Å². The molecule has 5 aromatic rings. The number of alkyl halides is 3. The molecule has 2 heterocycles. The van der Waals surface area contributed by atoms with Gasteiger partial charge in [0.25, 0.3) is 0 Å². The van der Waals surface area contributed by atoms with Crippen LogP contribution in [0.4, 0.5) is 13.2 Å². The molecule has 5 heteroatoms. The number of pyridine rings is 1. The molecule has 0 bridgehead atoms. The molecule has 0 fully saturated rings. The summed E-state index contributed by atoms with van der Waals surface area (Å²) in [6.07, 6.45) is -4.36. The van der Waals surface area contributed by atoms with Gasteiger partial charge in [-0.3, -0.25) is 0 Å². The van der Waals surface area contributed by atoms with E-state index in [1.165, 1.54) is 12.1 Å². The Labute approximate surface area is 152 Å². The molecule has 27 heavy (non-hydrogen) atoms. The van der Waals surface area contributed by atoms with Crippen molar-refractivity contribution < 1.29 is 13.2 Å². The maximum absolute atomic E-state index is 12.9. The van der Waals surface area contributed by atoms with Gasteiger partial charge in [-0.05, 0) is 24.3 Å². The molecule has 0 saturated carbocycles. The van der Waals surface area contributed by atoms with Crippen molar-refractivity contribution in [1.29, 1.82) is 0 Å². The third-order valence-electron chi connectivity index (χ3n) is 4.83. The number of fused-ring (bicyclic) bond motifs is 5. The molecule has 0 unspecified atom stereocenters. The summed E-state index contributed by atoms with van der Waals surface area (Å²) in [6.45, 7) is 0. The zero-order valence-electron chi connectivity index (χ0n) is 14.0. The molecule has 0 aliphatic heterocycles. The fourth-order valence-electron chi connectivity index (χ4n) is 3.58. The van der Waals surface area contributed by atoms with Gasteiger partial charge in [-0.25, -0.2) is 4.98 Å². The third-order valence-corrected chi connectivity index (χ3v) is 4.83. The van der Waals surface area contributed by atoms with Crippen LogP contribution in [0.5, 0.6) is 0 Å². The van der Waals surface area contributed by atoms with Gasteiger partial charge in [-0.2, -0.15) is 13.2 Å². The normalized spacial score (nSPS) is 12.3. The smallest absolute Gasteiger partial charge is 0.353 e. The van der Waals surface area contributed by atoms with Crippen LogP contribution in [-0.2, 0) is 6.18 Å². The Morgan fingerprint density at radius 2 is 1.41 bits per heavy atom. The molecule has 2 nitrogen and oxygen atoms in total. The lowest BCUT2D eigenvalue weighted by molar-refractivity contribution is -0.137. The van der Waals surface area contributed by atoms with Gasteiger partial charge >= 0.3 is 6.18 Å². The van der Waals surface area contributed by atoms with Crippen molar-refractivity contribution in [2.24, 2.45) is 0 Å². The summed E-state index contributed by atoms with van der Waals surface area (Å²) in [5, 5.41) is 3.12. The summed E-state index contributed by atoms with van der Waals surface area (Å²) in [4.78, 5) is 8.15. The fraction of sp³-hybridized carbons (Fsp3) is 0.0455. The molecule has 0 radical (unpaired) electrons. The second-order valence-corrected chi connectivity index (χ2v) is 6.47. The van der Waals surface area contributed by atoms with E-state index in [0.717, 1.165) is 44.8 Å². The van der Waals surface area contributed by atoms with Crippen molar-refractivity contribution in [3.05, 3.63) is 78.4 Å². The van der Waals surface area contributed by atoms with Gasteiger partial charge in [-0.15, -0.1) is 0 Å². The molecule has 132 valence electrons. The molecule has 0 aliphatic carbocycles. The minimum absolute atomic E-state index is 0.644. The van der Waals surface area contributed by atoms with E-state index in [2.05, 4.69) is 4.98 Å². The summed E-state index contributed by atoms with van der Waals surface area (Å²) >= 11 is 0. The highest BCUT2D eigenvalue weighted by atomic mass is 19.4. The first-order valence-electron chi connectivity index (χ1n) is 8.49. The maximum atomic E-state index is 12.9. The standard InChI is InChI=1S/C22H13F3N2/c23-22(24,25)14-11-9-13(10-12-14)20-21-19(15-5-1-3-7-17(15)26-20)16-6-2-4-8-18(16)27-21/h1-12,27H. The predicted octanol–water partition coefficient (Wildman–Crippen LogP) is 6.56. The second kappa shape index (κ2) is 5.58. The molecule has 2 aromatic heterocycles. The average molecular weight is 362 g/mol. The summed E-state index contributed by atoms with van der Waals surface area (Å²) in [5.41, 5.74) is 3.23. The Bertz CT molecular complexity index is 1300. The van der Waals surface area contributed by atoms with Gasteiger partial charge in [0.15, 0.2) is 0 Å². The molecule has 3 aromatic carbocycles. The number of para-hydroxylation sites is 2. The van der Waals surface area contributed by atoms with Crippen molar-refractivity contribution in [2.45, 2.75) is 6.18 Å². The number of nitrogens with one attached hydrogen (secondary N) is 1. The number of benzene rings is 3. The van der Waals surface area contributed by atoms with Crippen LogP contribution in [-0.4, -0.2) is 9.97 Å². The van der Waals surface area contributed by atoms with E-state index in [4.69, 9.17) is 4.98 Å². The van der Waals surface area contributed by atoms with Crippen LogP contribution in [0.15, 0.2) is 72.8 Å². The van der Waals surface area contributed by atoms with Gasteiger partial charge in [0.05, 0.1) is 22.3 Å². The number of hydrogen-bond acceptors (Lipinski definition) is 1. The monoisotopic (exact) mass is 362 g/mol. The van der Waals surface area contributed by atoms with Crippen LogP contribution in [0.25, 0.3) is 44.0 Å². The van der Waals surface area contributed by atoms with Crippen LogP contribution < -0.4 is 0 Å².